The van der Waals surface area contributed by atoms with E-state index < -0.39 is 6.10 Å². The summed E-state index contributed by atoms with van der Waals surface area (Å²) >= 11 is 0. The maximum atomic E-state index is 10.4. The first-order valence-corrected chi connectivity index (χ1v) is 11.7. The molecule has 5 atom stereocenters. The van der Waals surface area contributed by atoms with Crippen molar-refractivity contribution in [3.05, 3.63) is 71.3 Å². The van der Waals surface area contributed by atoms with Gasteiger partial charge < -0.3 is 19.8 Å². The second kappa shape index (κ2) is 7.99. The molecule has 0 radical (unpaired) electrons. The predicted molar refractivity (Wildman–Crippen MR) is 123 cm³/mol. The maximum Gasteiger partial charge on any atom is 0.165 e. The largest absolute Gasteiger partial charge is 0.504 e. The van der Waals surface area contributed by atoms with Crippen molar-refractivity contribution in [2.75, 3.05) is 13.6 Å². The molecule has 2 aromatic rings. The van der Waals surface area contributed by atoms with Crippen molar-refractivity contribution in [3.8, 4) is 11.5 Å². The zero-order valence-electron chi connectivity index (χ0n) is 18.5. The van der Waals surface area contributed by atoms with Crippen molar-refractivity contribution < 1.29 is 14.9 Å². The van der Waals surface area contributed by atoms with Crippen LogP contribution in [0.3, 0.4) is 0 Å². The molecular weight excluding hydrogens is 386 g/mol. The quantitative estimate of drug-likeness (QED) is 0.731. The van der Waals surface area contributed by atoms with E-state index in [0.29, 0.717) is 17.7 Å². The number of phenolic OH excluding ortho intramolecular Hbond substituents is 1. The van der Waals surface area contributed by atoms with E-state index in [0.717, 1.165) is 19.4 Å². The Hall–Kier alpha value is -2.30. The Balaban J connectivity index is 0.000000174. The summed E-state index contributed by atoms with van der Waals surface area (Å²) in [5.74, 6) is 1.19. The summed E-state index contributed by atoms with van der Waals surface area (Å²) in [6.07, 6.45) is 9.01. The number of phenols is 1. The number of unbranched alkanes of at least 4 members (excludes halogenated alkanes) is 1. The average Bonchev–Trinajstić information content (AvgIpc) is 3.15. The van der Waals surface area contributed by atoms with Crippen molar-refractivity contribution in [1.29, 1.82) is 0 Å². The van der Waals surface area contributed by atoms with Gasteiger partial charge in [0.15, 0.2) is 11.5 Å². The van der Waals surface area contributed by atoms with E-state index in [9.17, 15) is 10.2 Å². The monoisotopic (exact) mass is 419 g/mol. The van der Waals surface area contributed by atoms with Crippen LogP contribution in [-0.4, -0.2) is 47.0 Å². The number of aliphatic hydroxyl groups excluding tert-OH is 1. The van der Waals surface area contributed by atoms with Crippen LogP contribution in [0.15, 0.2) is 54.6 Å². The van der Waals surface area contributed by atoms with Crippen LogP contribution in [0.5, 0.6) is 11.5 Å². The van der Waals surface area contributed by atoms with Gasteiger partial charge in [0.05, 0.1) is 0 Å². The first-order valence-electron chi connectivity index (χ1n) is 11.7. The van der Waals surface area contributed by atoms with E-state index >= 15 is 0 Å². The first kappa shape index (κ1) is 20.6. The molecule has 1 saturated heterocycles. The van der Waals surface area contributed by atoms with Gasteiger partial charge in [-0.05, 0) is 56.5 Å². The highest BCUT2D eigenvalue weighted by atomic mass is 16.5. The van der Waals surface area contributed by atoms with Gasteiger partial charge in [-0.2, -0.15) is 0 Å². The molecule has 2 heterocycles. The van der Waals surface area contributed by atoms with Crippen LogP contribution >= 0.6 is 0 Å². The lowest BCUT2D eigenvalue weighted by Gasteiger charge is -2.56. The topological polar surface area (TPSA) is 52.9 Å². The van der Waals surface area contributed by atoms with Gasteiger partial charge in [-0.15, -0.1) is 0 Å². The molecule has 2 N–H and O–H groups in total. The zero-order chi connectivity index (χ0) is 21.6. The number of ether oxygens (including phenoxy) is 1. The molecule has 164 valence electrons. The van der Waals surface area contributed by atoms with E-state index in [1.54, 1.807) is 6.07 Å². The van der Waals surface area contributed by atoms with Gasteiger partial charge in [0.1, 0.15) is 12.2 Å². The Labute approximate surface area is 185 Å². The number of likely N-dealkylation sites (tertiary alicyclic amines) is 1. The van der Waals surface area contributed by atoms with Crippen LogP contribution in [-0.2, 0) is 18.3 Å². The van der Waals surface area contributed by atoms with Gasteiger partial charge in [-0.3, -0.25) is 0 Å². The molecule has 0 amide bonds. The molecule has 4 aliphatic rings. The highest BCUT2D eigenvalue weighted by Gasteiger charge is 2.64. The van der Waals surface area contributed by atoms with Crippen molar-refractivity contribution in [2.24, 2.45) is 5.92 Å². The number of rotatable bonds is 3. The number of nitrogens with zero attached hydrogens (tertiary/aromatic N) is 1. The van der Waals surface area contributed by atoms with Crippen LogP contribution in [0.25, 0.3) is 0 Å². The molecule has 31 heavy (non-hydrogen) atoms. The Morgan fingerprint density at radius 2 is 1.94 bits per heavy atom. The smallest absolute Gasteiger partial charge is 0.165 e. The van der Waals surface area contributed by atoms with Crippen molar-refractivity contribution >= 4 is 0 Å². The predicted octanol–water partition coefficient (Wildman–Crippen LogP) is 4.23. The molecule has 0 aromatic heterocycles. The lowest BCUT2D eigenvalue weighted by atomic mass is 9.53. The molecular formula is C27H33NO3. The van der Waals surface area contributed by atoms with E-state index in [1.165, 1.54) is 36.0 Å². The second-order valence-electron chi connectivity index (χ2n) is 9.52. The van der Waals surface area contributed by atoms with Crippen LogP contribution in [0.4, 0.5) is 0 Å². The Kier molecular flexibility index (Phi) is 5.31. The number of benzene rings is 2. The molecule has 2 aliphatic carbocycles. The van der Waals surface area contributed by atoms with Crippen LogP contribution < -0.4 is 4.74 Å². The van der Waals surface area contributed by atoms with Crippen LogP contribution in [0, 0.1) is 5.92 Å². The summed E-state index contributed by atoms with van der Waals surface area (Å²) in [4.78, 5) is 2.43. The molecule has 1 spiro atoms. The number of hydrogen-bond donors (Lipinski definition) is 2. The van der Waals surface area contributed by atoms with Crippen LogP contribution in [0.2, 0.25) is 0 Å². The molecule has 0 saturated carbocycles. The lowest BCUT2D eigenvalue weighted by molar-refractivity contribution is -0.0453. The zero-order valence-corrected chi connectivity index (χ0v) is 18.5. The molecule has 4 heteroatoms. The van der Waals surface area contributed by atoms with Gasteiger partial charge in [0, 0.05) is 22.9 Å². The minimum atomic E-state index is -0.594. The number of aromatic hydroxyl groups is 1. The van der Waals surface area contributed by atoms with Crippen LogP contribution in [0.1, 0.15) is 42.9 Å². The summed E-state index contributed by atoms with van der Waals surface area (Å²) in [6, 6.07) is 14.9. The number of piperidine rings is 1. The number of likely N-dealkylation sites (N-methyl/N-ethyl adjacent to an activating group) is 1. The van der Waals surface area contributed by atoms with Gasteiger partial charge in [0.2, 0.25) is 0 Å². The Morgan fingerprint density at radius 1 is 1.13 bits per heavy atom. The van der Waals surface area contributed by atoms with Crippen molar-refractivity contribution in [2.45, 2.75) is 62.7 Å². The normalized spacial score (nSPS) is 32.0. The lowest BCUT2D eigenvalue weighted by Crippen LogP contribution is -2.64. The van der Waals surface area contributed by atoms with Gasteiger partial charge in [-0.1, -0.05) is 61.9 Å². The summed E-state index contributed by atoms with van der Waals surface area (Å²) < 4.78 is 6.09. The molecule has 2 aliphatic heterocycles. The first-order chi connectivity index (χ1) is 15.1. The minimum absolute atomic E-state index is 0.160. The Morgan fingerprint density at radius 3 is 2.71 bits per heavy atom. The molecule has 0 unspecified atom stereocenters. The SMILES string of the molecule is CCCCc1ccccc1.CN1CC[C@]23c4c5ccc(O)c4O[C@H]2[C@@H](O)C=C[C@H]3[C@H]1C5. The molecule has 6 rings (SSSR count). The molecule has 2 bridgehead atoms. The number of aryl methyl sites for hydroxylation is 1. The highest BCUT2D eigenvalue weighted by Crippen LogP contribution is 2.62. The Bertz CT molecular complexity index is 972. The highest BCUT2D eigenvalue weighted by molar-refractivity contribution is 5.61. The molecule has 2 aromatic carbocycles. The number of hydrogen-bond acceptors (Lipinski definition) is 4. The van der Waals surface area contributed by atoms with E-state index in [4.69, 9.17) is 4.74 Å². The van der Waals surface area contributed by atoms with Gasteiger partial charge >= 0.3 is 0 Å². The minimum Gasteiger partial charge on any atom is -0.504 e. The molecule has 4 nitrogen and oxygen atoms in total. The number of aliphatic hydroxyl groups is 1. The van der Waals surface area contributed by atoms with Gasteiger partial charge in [-0.25, -0.2) is 0 Å². The fourth-order valence-electron chi connectivity index (χ4n) is 6.26. The fraction of sp³-hybridized carbons (Fsp3) is 0.481. The third-order valence-electron chi connectivity index (χ3n) is 7.81. The molecule has 1 fully saturated rings. The fourth-order valence-corrected chi connectivity index (χ4v) is 6.26. The average molecular weight is 420 g/mol. The van der Waals surface area contributed by atoms with E-state index in [-0.39, 0.29) is 17.3 Å². The summed E-state index contributed by atoms with van der Waals surface area (Å²) in [6.45, 7) is 3.24. The third-order valence-corrected chi connectivity index (χ3v) is 7.81. The maximum absolute atomic E-state index is 10.4. The third kappa shape index (κ3) is 3.19. The second-order valence-corrected chi connectivity index (χ2v) is 9.52. The van der Waals surface area contributed by atoms with E-state index in [2.05, 4.69) is 55.3 Å². The van der Waals surface area contributed by atoms with E-state index in [1.807, 2.05) is 12.1 Å². The summed E-state index contributed by atoms with van der Waals surface area (Å²) in [7, 11) is 2.19. The standard InChI is InChI=1S/C17H19NO3.C10H14/c1-18-7-6-17-10-3-5-13(20)16(17)21-15-12(19)4-2-9(14(15)17)8-11(10)18;1-2-3-7-10-8-5-4-6-9-10/h2-5,10-11,13,16,19-20H,6-8H2,1H3;4-6,8-9H,2-3,7H2,1H3/t10-,11+,13-,16-,17-;/m0./s1. The van der Waals surface area contributed by atoms with Crippen molar-refractivity contribution in [1.82, 2.24) is 4.90 Å². The van der Waals surface area contributed by atoms with Crippen molar-refractivity contribution in [3.63, 3.8) is 0 Å². The summed E-state index contributed by atoms with van der Waals surface area (Å²) in [5.41, 5.74) is 3.75. The van der Waals surface area contributed by atoms with Gasteiger partial charge in [0.25, 0.3) is 0 Å². The summed E-state index contributed by atoms with van der Waals surface area (Å²) in [5, 5.41) is 20.6.